The summed E-state index contributed by atoms with van der Waals surface area (Å²) in [5.41, 5.74) is 2.75. The van der Waals surface area contributed by atoms with E-state index in [2.05, 4.69) is 10.2 Å². The molecule has 1 aliphatic rings. The minimum Gasteiger partial charge on any atom is -0.372 e. The molecule has 0 radical (unpaired) electrons. The van der Waals surface area contributed by atoms with E-state index >= 15 is 0 Å². The van der Waals surface area contributed by atoms with Crippen LogP contribution < -0.4 is 9.80 Å². The van der Waals surface area contributed by atoms with E-state index in [1.807, 2.05) is 24.3 Å². The van der Waals surface area contributed by atoms with Gasteiger partial charge in [-0.25, -0.2) is 0 Å². The highest BCUT2D eigenvalue weighted by molar-refractivity contribution is 6.54. The Morgan fingerprint density at radius 2 is 1.92 bits per heavy atom. The standard InChI is InChI=1S/C18H17N5O3/c1-21(2)15-9-8-12(10-16(15)23(25)26)11-19-20-17-13-6-4-5-7-14(13)22(3)18(17)24/h4-11H,1-3H3/b19-11+,20-17-. The Bertz CT molecular complexity index is 950. The lowest BCUT2D eigenvalue weighted by Gasteiger charge is -2.12. The number of amides is 1. The third kappa shape index (κ3) is 3.04. The molecule has 2 aromatic carbocycles. The number of carbonyl (C=O) groups excluding carboxylic acids is 1. The summed E-state index contributed by atoms with van der Waals surface area (Å²) in [7, 11) is 5.15. The monoisotopic (exact) mass is 351 g/mol. The number of para-hydroxylation sites is 1. The molecule has 1 heterocycles. The van der Waals surface area contributed by atoms with Crippen LogP contribution in [-0.2, 0) is 4.79 Å². The molecule has 3 rings (SSSR count). The maximum absolute atomic E-state index is 12.3. The van der Waals surface area contributed by atoms with E-state index in [-0.39, 0.29) is 17.3 Å². The Morgan fingerprint density at radius 1 is 1.19 bits per heavy atom. The first-order valence-corrected chi connectivity index (χ1v) is 7.84. The lowest BCUT2D eigenvalue weighted by molar-refractivity contribution is -0.384. The zero-order chi connectivity index (χ0) is 18.8. The first kappa shape index (κ1) is 17.3. The molecule has 0 saturated carbocycles. The fraction of sp³-hybridized carbons (Fsp3) is 0.167. The molecule has 0 saturated heterocycles. The van der Waals surface area contributed by atoms with Crippen LogP contribution in [0.5, 0.6) is 0 Å². The summed E-state index contributed by atoms with van der Waals surface area (Å²) in [6.07, 6.45) is 1.40. The maximum atomic E-state index is 12.3. The molecule has 0 unspecified atom stereocenters. The maximum Gasteiger partial charge on any atom is 0.293 e. The minimum atomic E-state index is -0.440. The number of likely N-dealkylation sites (N-methyl/N-ethyl adjacent to an activating group) is 1. The van der Waals surface area contributed by atoms with Gasteiger partial charge in [-0.1, -0.05) is 24.3 Å². The van der Waals surface area contributed by atoms with Gasteiger partial charge in [0.25, 0.3) is 11.6 Å². The number of hydrogen-bond donors (Lipinski definition) is 0. The predicted octanol–water partition coefficient (Wildman–Crippen LogP) is 2.46. The van der Waals surface area contributed by atoms with Gasteiger partial charge < -0.3 is 9.80 Å². The van der Waals surface area contributed by atoms with Gasteiger partial charge in [0, 0.05) is 38.3 Å². The van der Waals surface area contributed by atoms with Crippen molar-refractivity contribution in [2.75, 3.05) is 30.9 Å². The summed E-state index contributed by atoms with van der Waals surface area (Å²) in [6.45, 7) is 0. The molecule has 2 aromatic rings. The summed E-state index contributed by atoms with van der Waals surface area (Å²) < 4.78 is 0. The van der Waals surface area contributed by atoms with Gasteiger partial charge in [-0.15, -0.1) is 5.10 Å². The number of carbonyl (C=O) groups is 1. The summed E-state index contributed by atoms with van der Waals surface area (Å²) >= 11 is 0. The van der Waals surface area contributed by atoms with Crippen LogP contribution in [0.3, 0.4) is 0 Å². The van der Waals surface area contributed by atoms with Crippen molar-refractivity contribution in [3.8, 4) is 0 Å². The second-order valence-corrected chi connectivity index (χ2v) is 5.97. The molecule has 1 aliphatic heterocycles. The van der Waals surface area contributed by atoms with E-state index in [4.69, 9.17) is 0 Å². The third-order valence-corrected chi connectivity index (χ3v) is 4.07. The van der Waals surface area contributed by atoms with Crippen LogP contribution in [-0.4, -0.2) is 43.9 Å². The van der Waals surface area contributed by atoms with Crippen molar-refractivity contribution in [1.82, 2.24) is 0 Å². The molecule has 0 N–H and O–H groups in total. The summed E-state index contributed by atoms with van der Waals surface area (Å²) in [4.78, 5) is 26.3. The van der Waals surface area contributed by atoms with Crippen LogP contribution in [0.1, 0.15) is 11.1 Å². The normalized spacial score (nSPS) is 15.0. The van der Waals surface area contributed by atoms with Gasteiger partial charge in [-0.3, -0.25) is 14.9 Å². The van der Waals surface area contributed by atoms with Gasteiger partial charge in [-0.05, 0) is 12.1 Å². The fourth-order valence-corrected chi connectivity index (χ4v) is 2.74. The number of nitro groups is 1. The topological polar surface area (TPSA) is 91.4 Å². The van der Waals surface area contributed by atoms with Gasteiger partial charge in [-0.2, -0.15) is 5.10 Å². The summed E-state index contributed by atoms with van der Waals surface area (Å²) in [6, 6.07) is 12.1. The number of fused-ring (bicyclic) bond motifs is 1. The van der Waals surface area contributed by atoms with Gasteiger partial charge in [0.15, 0.2) is 5.71 Å². The Kier molecular flexibility index (Phi) is 4.49. The van der Waals surface area contributed by atoms with Crippen molar-refractivity contribution >= 4 is 34.9 Å². The Balaban J connectivity index is 1.92. The Labute approximate surface area is 150 Å². The van der Waals surface area contributed by atoms with Gasteiger partial charge in [0.1, 0.15) is 5.69 Å². The number of rotatable bonds is 4. The zero-order valence-corrected chi connectivity index (χ0v) is 14.6. The summed E-state index contributed by atoms with van der Waals surface area (Å²) in [5.74, 6) is -0.239. The average Bonchev–Trinajstić information content (AvgIpc) is 2.86. The number of hydrogen-bond acceptors (Lipinski definition) is 6. The van der Waals surface area contributed by atoms with Gasteiger partial charge in [0.2, 0.25) is 0 Å². The molecular weight excluding hydrogens is 334 g/mol. The Hall–Kier alpha value is -3.55. The molecule has 132 valence electrons. The van der Waals surface area contributed by atoms with E-state index in [0.29, 0.717) is 16.8 Å². The molecule has 0 bridgehead atoms. The fourth-order valence-electron chi connectivity index (χ4n) is 2.74. The van der Waals surface area contributed by atoms with E-state index in [1.165, 1.54) is 17.2 Å². The molecule has 8 heteroatoms. The van der Waals surface area contributed by atoms with Crippen LogP contribution >= 0.6 is 0 Å². The largest absolute Gasteiger partial charge is 0.372 e. The molecule has 0 aromatic heterocycles. The second-order valence-electron chi connectivity index (χ2n) is 5.97. The zero-order valence-electron chi connectivity index (χ0n) is 14.6. The number of anilines is 2. The average molecular weight is 351 g/mol. The van der Waals surface area contributed by atoms with Crippen molar-refractivity contribution in [3.05, 3.63) is 63.7 Å². The minimum absolute atomic E-state index is 0.0198. The van der Waals surface area contributed by atoms with E-state index < -0.39 is 4.92 Å². The van der Waals surface area contributed by atoms with Crippen molar-refractivity contribution in [2.24, 2.45) is 10.2 Å². The first-order valence-electron chi connectivity index (χ1n) is 7.84. The van der Waals surface area contributed by atoms with E-state index in [9.17, 15) is 14.9 Å². The summed E-state index contributed by atoms with van der Waals surface area (Å²) in [5, 5.41) is 19.2. The highest BCUT2D eigenvalue weighted by Gasteiger charge is 2.31. The van der Waals surface area contributed by atoms with Crippen molar-refractivity contribution in [1.29, 1.82) is 0 Å². The van der Waals surface area contributed by atoms with Crippen LogP contribution in [0, 0.1) is 10.1 Å². The number of nitro benzene ring substituents is 1. The van der Waals surface area contributed by atoms with Crippen molar-refractivity contribution in [2.45, 2.75) is 0 Å². The van der Waals surface area contributed by atoms with Gasteiger partial charge in [0.05, 0.1) is 16.8 Å². The molecule has 0 spiro atoms. The lowest BCUT2D eigenvalue weighted by Crippen LogP contribution is -2.25. The molecular formula is C18H17N5O3. The number of nitrogens with zero attached hydrogens (tertiary/aromatic N) is 5. The first-order chi connectivity index (χ1) is 12.4. The van der Waals surface area contributed by atoms with E-state index in [1.54, 1.807) is 38.2 Å². The van der Waals surface area contributed by atoms with Crippen LogP contribution in [0.4, 0.5) is 17.1 Å². The molecule has 0 aliphatic carbocycles. The molecule has 1 amide bonds. The highest BCUT2D eigenvalue weighted by Crippen LogP contribution is 2.28. The molecule has 0 fully saturated rings. The van der Waals surface area contributed by atoms with Crippen LogP contribution in [0.15, 0.2) is 52.7 Å². The quantitative estimate of drug-likeness (QED) is 0.480. The van der Waals surface area contributed by atoms with E-state index in [0.717, 1.165) is 5.69 Å². The second kappa shape index (κ2) is 6.75. The van der Waals surface area contributed by atoms with Crippen molar-refractivity contribution in [3.63, 3.8) is 0 Å². The van der Waals surface area contributed by atoms with Gasteiger partial charge >= 0.3 is 0 Å². The molecule has 8 nitrogen and oxygen atoms in total. The smallest absolute Gasteiger partial charge is 0.293 e. The van der Waals surface area contributed by atoms with Crippen molar-refractivity contribution < 1.29 is 9.72 Å². The van der Waals surface area contributed by atoms with Crippen LogP contribution in [0.25, 0.3) is 0 Å². The molecule has 0 atom stereocenters. The van der Waals surface area contributed by atoms with Crippen LogP contribution in [0.2, 0.25) is 0 Å². The Morgan fingerprint density at radius 3 is 2.62 bits per heavy atom. The third-order valence-electron chi connectivity index (χ3n) is 4.07. The highest BCUT2D eigenvalue weighted by atomic mass is 16.6. The molecule has 26 heavy (non-hydrogen) atoms. The predicted molar refractivity (Wildman–Crippen MR) is 101 cm³/mol. The SMILES string of the molecule is CN(C)c1ccc(/C=N/N=C2\C(=O)N(C)c3ccccc32)cc1[N+](=O)[O-]. The lowest BCUT2D eigenvalue weighted by atomic mass is 10.1. The number of benzene rings is 2.